The van der Waals surface area contributed by atoms with Gasteiger partial charge in [-0.15, -0.1) is 0 Å². The van der Waals surface area contributed by atoms with E-state index in [-0.39, 0.29) is 11.7 Å². The van der Waals surface area contributed by atoms with Crippen molar-refractivity contribution in [2.75, 3.05) is 11.1 Å². The molecule has 130 valence electrons. The third-order valence-corrected chi connectivity index (χ3v) is 5.11. The van der Waals surface area contributed by atoms with Crippen molar-refractivity contribution in [3.8, 4) is 0 Å². The van der Waals surface area contributed by atoms with E-state index >= 15 is 0 Å². The number of hydrogen-bond donors (Lipinski definition) is 2. The molecule has 0 bridgehead atoms. The average molecular weight is 366 g/mol. The van der Waals surface area contributed by atoms with Crippen molar-refractivity contribution < 1.29 is 13.8 Å². The maximum atomic E-state index is 12.3. The van der Waals surface area contributed by atoms with Gasteiger partial charge in [-0.1, -0.05) is 12.1 Å². The maximum absolute atomic E-state index is 12.3. The van der Waals surface area contributed by atoms with Gasteiger partial charge >= 0.3 is 10.8 Å². The number of nitrogens with zero attached hydrogens (tertiary/aromatic N) is 1. The lowest BCUT2D eigenvalue weighted by Crippen LogP contribution is -2.29. The van der Waals surface area contributed by atoms with Gasteiger partial charge in [0.25, 0.3) is 0 Å². The van der Waals surface area contributed by atoms with E-state index in [0.29, 0.717) is 11.3 Å². The number of carbonyl (C=O) groups excluding carboxylic acids is 1. The fraction of sp³-hybridized carbons (Fsp3) is 0.105. The molecule has 0 saturated carbocycles. The Morgan fingerprint density at radius 2 is 2.04 bits per heavy atom. The molecule has 2 aromatic heterocycles. The Kier molecular flexibility index (Phi) is 4.22. The number of hydrogen-bond acceptors (Lipinski definition) is 4. The highest BCUT2D eigenvalue weighted by Gasteiger charge is 2.16. The molecular weight excluding hydrogens is 350 g/mol. The fourth-order valence-corrected chi connectivity index (χ4v) is 3.61. The van der Waals surface area contributed by atoms with E-state index in [2.05, 4.69) is 10.3 Å². The molecule has 7 heteroatoms. The molecule has 0 radical (unpaired) electrons. The Labute approximate surface area is 152 Å². The maximum Gasteiger partial charge on any atom is 0.336 e. The highest BCUT2D eigenvalue weighted by atomic mass is 32.2. The topological polar surface area (TPSA) is 79.0 Å². The number of imidazole rings is 1. The zero-order valence-electron chi connectivity index (χ0n) is 14.0. The second-order valence-electron chi connectivity index (χ2n) is 5.85. The van der Waals surface area contributed by atoms with Gasteiger partial charge in [0, 0.05) is 17.1 Å². The molecule has 0 aliphatic carbocycles. The van der Waals surface area contributed by atoms with Crippen LogP contribution < -0.4 is 15.5 Å². The standard InChI is InChI=1S/C19H15N3O3S/c1-22-15-5-3-2-4-14(15)21-19(22)26-11-17(23)20-13-7-8-16-12(10-13)6-9-18(24)25-16/h2-10H,11H2,1H3,(H,20,23)/p+1. The summed E-state index contributed by atoms with van der Waals surface area (Å²) in [5, 5.41) is 4.55. The number of aryl methyl sites for hydroxylation is 1. The van der Waals surface area contributed by atoms with Gasteiger partial charge in [-0.25, -0.2) is 14.3 Å². The van der Waals surface area contributed by atoms with Gasteiger partial charge in [0.2, 0.25) is 5.91 Å². The van der Waals surface area contributed by atoms with Crippen molar-refractivity contribution in [2.45, 2.75) is 5.16 Å². The molecule has 0 aliphatic rings. The molecule has 2 heterocycles. The number of aromatic nitrogens is 2. The van der Waals surface area contributed by atoms with Gasteiger partial charge in [-0.3, -0.25) is 4.79 Å². The number of carbonyl (C=O) groups is 1. The SMILES string of the molecule is C[n+]1c(SCC(=O)Nc2ccc3oc(=O)ccc3c2)[nH]c2ccccc21. The summed E-state index contributed by atoms with van der Waals surface area (Å²) >= 11 is 1.44. The van der Waals surface area contributed by atoms with E-state index < -0.39 is 5.63 Å². The number of benzene rings is 2. The smallest absolute Gasteiger partial charge is 0.336 e. The summed E-state index contributed by atoms with van der Waals surface area (Å²) in [4.78, 5) is 26.8. The number of thioether (sulfide) groups is 1. The molecule has 0 saturated heterocycles. The van der Waals surface area contributed by atoms with Crippen LogP contribution in [0.2, 0.25) is 0 Å². The highest BCUT2D eigenvalue weighted by Crippen LogP contribution is 2.20. The van der Waals surface area contributed by atoms with Gasteiger partial charge in [-0.2, -0.15) is 0 Å². The number of amides is 1. The number of H-pyrrole nitrogens is 1. The lowest BCUT2D eigenvalue weighted by Gasteiger charge is -2.05. The van der Waals surface area contributed by atoms with Gasteiger partial charge in [0.1, 0.15) is 5.58 Å². The van der Waals surface area contributed by atoms with Gasteiger partial charge in [-0.05, 0) is 48.2 Å². The molecule has 4 rings (SSSR count). The number of anilines is 1. The minimum atomic E-state index is -0.392. The molecule has 0 unspecified atom stereocenters. The molecule has 0 atom stereocenters. The second kappa shape index (κ2) is 6.68. The molecule has 2 aromatic carbocycles. The summed E-state index contributed by atoms with van der Waals surface area (Å²) in [6.07, 6.45) is 0. The lowest BCUT2D eigenvalue weighted by atomic mass is 10.2. The number of rotatable bonds is 4. The zero-order chi connectivity index (χ0) is 18.1. The van der Waals surface area contributed by atoms with E-state index in [1.165, 1.54) is 17.8 Å². The van der Waals surface area contributed by atoms with Gasteiger partial charge < -0.3 is 9.73 Å². The van der Waals surface area contributed by atoms with Crippen molar-refractivity contribution in [1.82, 2.24) is 4.98 Å². The first-order valence-electron chi connectivity index (χ1n) is 8.03. The number of aromatic amines is 1. The van der Waals surface area contributed by atoms with Crippen LogP contribution in [-0.2, 0) is 11.8 Å². The van der Waals surface area contributed by atoms with Crippen LogP contribution in [-0.4, -0.2) is 16.6 Å². The summed E-state index contributed by atoms with van der Waals surface area (Å²) in [5.41, 5.74) is 2.89. The quantitative estimate of drug-likeness (QED) is 0.331. The summed E-state index contributed by atoms with van der Waals surface area (Å²) in [6, 6.07) is 16.2. The predicted octanol–water partition coefficient (Wildman–Crippen LogP) is 2.83. The van der Waals surface area contributed by atoms with Gasteiger partial charge in [0.15, 0.2) is 11.0 Å². The predicted molar refractivity (Wildman–Crippen MR) is 101 cm³/mol. The monoisotopic (exact) mass is 366 g/mol. The first-order valence-corrected chi connectivity index (χ1v) is 9.02. The van der Waals surface area contributed by atoms with Gasteiger partial charge in [0.05, 0.1) is 12.8 Å². The van der Waals surface area contributed by atoms with E-state index in [1.54, 1.807) is 24.3 Å². The Morgan fingerprint density at radius 3 is 2.88 bits per heavy atom. The fourth-order valence-electron chi connectivity index (χ4n) is 2.79. The molecule has 26 heavy (non-hydrogen) atoms. The largest absolute Gasteiger partial charge is 0.423 e. The normalized spacial score (nSPS) is 11.1. The summed E-state index contributed by atoms with van der Waals surface area (Å²) < 4.78 is 7.12. The van der Waals surface area contributed by atoms with E-state index in [0.717, 1.165) is 21.6 Å². The number of fused-ring (bicyclic) bond motifs is 2. The van der Waals surface area contributed by atoms with Crippen LogP contribution in [0.5, 0.6) is 0 Å². The van der Waals surface area contributed by atoms with Crippen molar-refractivity contribution in [3.63, 3.8) is 0 Å². The van der Waals surface area contributed by atoms with Crippen LogP contribution in [0.4, 0.5) is 5.69 Å². The highest BCUT2D eigenvalue weighted by molar-refractivity contribution is 7.99. The summed E-state index contributed by atoms with van der Waals surface area (Å²) in [7, 11) is 1.97. The third kappa shape index (κ3) is 3.21. The van der Waals surface area contributed by atoms with Crippen molar-refractivity contribution in [2.24, 2.45) is 7.05 Å². The molecule has 0 fully saturated rings. The third-order valence-electron chi connectivity index (χ3n) is 4.05. The number of para-hydroxylation sites is 2. The molecule has 0 spiro atoms. The van der Waals surface area contributed by atoms with Crippen LogP contribution in [0.15, 0.2) is 69.0 Å². The van der Waals surface area contributed by atoms with Crippen LogP contribution in [0.25, 0.3) is 22.0 Å². The molecule has 0 aliphatic heterocycles. The first kappa shape index (κ1) is 16.4. The van der Waals surface area contributed by atoms with E-state index in [1.807, 2.05) is 35.9 Å². The average Bonchev–Trinajstić information content (AvgIpc) is 2.96. The summed E-state index contributed by atoms with van der Waals surface area (Å²) in [5.74, 6) is 0.174. The Balaban J connectivity index is 1.46. The first-order chi connectivity index (χ1) is 12.6. The lowest BCUT2D eigenvalue weighted by molar-refractivity contribution is -0.683. The molecular formula is C19H16N3O3S+. The van der Waals surface area contributed by atoms with E-state index in [9.17, 15) is 9.59 Å². The van der Waals surface area contributed by atoms with Crippen LogP contribution in [0.1, 0.15) is 0 Å². The van der Waals surface area contributed by atoms with E-state index in [4.69, 9.17) is 4.42 Å². The van der Waals surface area contributed by atoms with Crippen LogP contribution in [0, 0.1) is 0 Å². The van der Waals surface area contributed by atoms with Crippen LogP contribution in [0.3, 0.4) is 0 Å². The Hall–Kier alpha value is -3.06. The molecule has 4 aromatic rings. The number of nitrogens with one attached hydrogen (secondary N) is 2. The van der Waals surface area contributed by atoms with Crippen molar-refractivity contribution in [3.05, 3.63) is 65.0 Å². The van der Waals surface area contributed by atoms with Crippen molar-refractivity contribution >= 4 is 45.4 Å². The molecule has 6 nitrogen and oxygen atoms in total. The Morgan fingerprint density at radius 1 is 1.19 bits per heavy atom. The van der Waals surface area contributed by atoms with Crippen molar-refractivity contribution in [1.29, 1.82) is 0 Å². The Bertz CT molecular complexity index is 1180. The second-order valence-corrected chi connectivity index (χ2v) is 6.81. The summed E-state index contributed by atoms with van der Waals surface area (Å²) in [6.45, 7) is 0. The minimum Gasteiger partial charge on any atom is -0.423 e. The molecule has 1 amide bonds. The minimum absolute atomic E-state index is 0.106. The zero-order valence-corrected chi connectivity index (χ0v) is 14.8. The van der Waals surface area contributed by atoms with Crippen LogP contribution >= 0.6 is 11.8 Å². The molecule has 2 N–H and O–H groups in total.